The van der Waals surface area contributed by atoms with E-state index in [2.05, 4.69) is 20.0 Å². The van der Waals surface area contributed by atoms with Gasteiger partial charge in [-0.05, 0) is 12.5 Å². The maximum absolute atomic E-state index is 14.1. The molecule has 1 heterocycles. The number of rotatable bonds is 7. The van der Waals surface area contributed by atoms with Gasteiger partial charge in [-0.1, -0.05) is 11.2 Å². The number of aromatic nitrogens is 2. The Labute approximate surface area is 144 Å². The molecule has 11 heteroatoms. The predicted octanol–water partition coefficient (Wildman–Crippen LogP) is 3.08. The highest BCUT2D eigenvalue weighted by molar-refractivity contribution is 5.75. The van der Waals surface area contributed by atoms with Crippen LogP contribution in [0.3, 0.4) is 0 Å². The molecule has 0 unspecified atom stereocenters. The Kier molecular flexibility index (Phi) is 6.24. The monoisotopic (exact) mass is 379 g/mol. The fraction of sp³-hybridized carbons (Fsp3) is 0.400. The molecular formula is C15H14F5N3O3. The largest absolute Gasteiger partial charge is 0.471 e. The van der Waals surface area contributed by atoms with Gasteiger partial charge in [0.05, 0.1) is 5.56 Å². The number of carbonyl (C=O) groups excluding carboxylic acids is 1. The molecule has 1 amide bonds. The summed E-state index contributed by atoms with van der Waals surface area (Å²) in [4.78, 5) is 14.6. The SMILES string of the molecule is COCCCC(=O)NCc1ccc(-c2noc(C(F)(F)F)n2)c(F)c1F. The van der Waals surface area contributed by atoms with E-state index < -0.39 is 35.1 Å². The van der Waals surface area contributed by atoms with Crippen molar-refractivity contribution in [3.8, 4) is 11.4 Å². The van der Waals surface area contributed by atoms with Crippen LogP contribution in [-0.2, 0) is 22.3 Å². The van der Waals surface area contributed by atoms with Crippen molar-refractivity contribution < 1.29 is 36.0 Å². The lowest BCUT2D eigenvalue weighted by molar-refractivity contribution is -0.159. The molecule has 0 bridgehead atoms. The van der Waals surface area contributed by atoms with E-state index in [1.807, 2.05) is 0 Å². The molecule has 0 aliphatic carbocycles. The minimum Gasteiger partial charge on any atom is -0.385 e. The number of carbonyl (C=O) groups is 1. The Morgan fingerprint density at radius 1 is 1.27 bits per heavy atom. The van der Waals surface area contributed by atoms with Crippen molar-refractivity contribution in [2.75, 3.05) is 13.7 Å². The van der Waals surface area contributed by atoms with Crippen LogP contribution in [0.15, 0.2) is 16.7 Å². The molecule has 6 nitrogen and oxygen atoms in total. The summed E-state index contributed by atoms with van der Waals surface area (Å²) >= 11 is 0. The highest BCUT2D eigenvalue weighted by Crippen LogP contribution is 2.30. The van der Waals surface area contributed by atoms with Crippen molar-refractivity contribution in [2.24, 2.45) is 0 Å². The van der Waals surface area contributed by atoms with Crippen molar-refractivity contribution in [2.45, 2.75) is 25.6 Å². The summed E-state index contributed by atoms with van der Waals surface area (Å²) in [6.07, 6.45) is -4.27. The van der Waals surface area contributed by atoms with E-state index in [1.165, 1.54) is 7.11 Å². The average molecular weight is 379 g/mol. The molecule has 0 aliphatic heterocycles. The van der Waals surface area contributed by atoms with Crippen LogP contribution in [0, 0.1) is 11.6 Å². The molecule has 0 atom stereocenters. The number of nitrogens with zero attached hydrogens (tertiary/aromatic N) is 2. The first-order valence-corrected chi connectivity index (χ1v) is 7.37. The van der Waals surface area contributed by atoms with Crippen LogP contribution >= 0.6 is 0 Å². The standard InChI is InChI=1S/C15H14F5N3O3/c1-25-6-2-3-10(24)21-7-8-4-5-9(12(17)11(8)16)13-22-14(26-23-13)15(18,19)20/h4-5H,2-3,6-7H2,1H3,(H,21,24). The summed E-state index contributed by atoms with van der Waals surface area (Å²) in [7, 11) is 1.49. The van der Waals surface area contributed by atoms with E-state index >= 15 is 0 Å². The first-order valence-electron chi connectivity index (χ1n) is 7.37. The molecule has 0 fully saturated rings. The summed E-state index contributed by atoms with van der Waals surface area (Å²) in [6.45, 7) is 0.102. The zero-order valence-corrected chi connectivity index (χ0v) is 13.5. The second-order valence-corrected chi connectivity index (χ2v) is 5.19. The zero-order valence-electron chi connectivity index (χ0n) is 13.5. The number of methoxy groups -OCH3 is 1. The van der Waals surface area contributed by atoms with Crippen LogP contribution in [0.4, 0.5) is 22.0 Å². The first kappa shape index (κ1) is 19.8. The van der Waals surface area contributed by atoms with Crippen molar-refractivity contribution in [1.29, 1.82) is 0 Å². The summed E-state index contributed by atoms with van der Waals surface area (Å²) in [5, 5.41) is 5.42. The van der Waals surface area contributed by atoms with E-state index in [9.17, 15) is 26.7 Å². The second-order valence-electron chi connectivity index (χ2n) is 5.19. The Hall–Kier alpha value is -2.56. The maximum atomic E-state index is 14.1. The van der Waals surface area contributed by atoms with Gasteiger partial charge in [0.25, 0.3) is 0 Å². The van der Waals surface area contributed by atoms with E-state index in [4.69, 9.17) is 4.74 Å². The minimum atomic E-state index is -4.90. The van der Waals surface area contributed by atoms with Crippen LogP contribution in [0.5, 0.6) is 0 Å². The normalized spacial score (nSPS) is 11.6. The van der Waals surface area contributed by atoms with Crippen LogP contribution in [0.25, 0.3) is 11.4 Å². The molecule has 2 aromatic rings. The van der Waals surface area contributed by atoms with Crippen molar-refractivity contribution in [1.82, 2.24) is 15.5 Å². The number of nitrogens with one attached hydrogen (secondary N) is 1. The van der Waals surface area contributed by atoms with Gasteiger partial charge in [-0.2, -0.15) is 18.2 Å². The van der Waals surface area contributed by atoms with Gasteiger partial charge in [0.2, 0.25) is 11.7 Å². The van der Waals surface area contributed by atoms with E-state index in [1.54, 1.807) is 0 Å². The molecule has 0 saturated carbocycles. The third-order valence-electron chi connectivity index (χ3n) is 3.30. The fourth-order valence-electron chi connectivity index (χ4n) is 2.01. The molecular weight excluding hydrogens is 365 g/mol. The zero-order chi connectivity index (χ0) is 19.3. The summed E-state index contributed by atoms with van der Waals surface area (Å²) in [5.74, 6) is -5.54. The number of alkyl halides is 3. The minimum absolute atomic E-state index is 0.152. The lowest BCUT2D eigenvalue weighted by Gasteiger charge is -2.08. The molecule has 1 aromatic carbocycles. The van der Waals surface area contributed by atoms with Gasteiger partial charge >= 0.3 is 12.1 Å². The molecule has 142 valence electrons. The van der Waals surface area contributed by atoms with Crippen LogP contribution in [0.1, 0.15) is 24.3 Å². The van der Waals surface area contributed by atoms with Gasteiger partial charge in [-0.15, -0.1) is 0 Å². The molecule has 2 rings (SSSR count). The molecule has 1 N–H and O–H groups in total. The van der Waals surface area contributed by atoms with Crippen LogP contribution < -0.4 is 5.32 Å². The van der Waals surface area contributed by atoms with Gasteiger partial charge in [0.15, 0.2) is 11.6 Å². The molecule has 26 heavy (non-hydrogen) atoms. The molecule has 0 spiro atoms. The van der Waals surface area contributed by atoms with Gasteiger partial charge in [-0.3, -0.25) is 4.79 Å². The summed E-state index contributed by atoms with van der Waals surface area (Å²) in [6, 6.07) is 2.13. The van der Waals surface area contributed by atoms with Gasteiger partial charge < -0.3 is 14.6 Å². The molecule has 0 radical (unpaired) electrons. The lowest BCUT2D eigenvalue weighted by Crippen LogP contribution is -2.23. The molecule has 0 saturated heterocycles. The topological polar surface area (TPSA) is 77.2 Å². The molecule has 0 aliphatic rings. The second kappa shape index (κ2) is 8.21. The number of benzene rings is 1. The number of ether oxygens (including phenoxy) is 1. The van der Waals surface area contributed by atoms with Gasteiger partial charge in [0, 0.05) is 32.2 Å². The average Bonchev–Trinajstić information content (AvgIpc) is 3.06. The highest BCUT2D eigenvalue weighted by Gasteiger charge is 2.38. The van der Waals surface area contributed by atoms with Crippen molar-refractivity contribution >= 4 is 5.91 Å². The third kappa shape index (κ3) is 4.75. The quantitative estimate of drug-likeness (QED) is 0.591. The van der Waals surface area contributed by atoms with Crippen LogP contribution in [-0.4, -0.2) is 29.8 Å². The summed E-state index contributed by atoms with van der Waals surface area (Å²) in [5.41, 5.74) is -0.761. The summed E-state index contributed by atoms with van der Waals surface area (Å²) < 4.78 is 74.3. The molecule has 1 aromatic heterocycles. The number of hydrogen-bond acceptors (Lipinski definition) is 5. The Bertz CT molecular complexity index is 776. The van der Waals surface area contributed by atoms with E-state index in [0.717, 1.165) is 12.1 Å². The van der Waals surface area contributed by atoms with Crippen molar-refractivity contribution in [3.63, 3.8) is 0 Å². The smallest absolute Gasteiger partial charge is 0.385 e. The Morgan fingerprint density at radius 3 is 2.62 bits per heavy atom. The van der Waals surface area contributed by atoms with Crippen molar-refractivity contribution in [3.05, 3.63) is 35.2 Å². The van der Waals surface area contributed by atoms with Gasteiger partial charge in [-0.25, -0.2) is 8.78 Å². The van der Waals surface area contributed by atoms with E-state index in [-0.39, 0.29) is 24.4 Å². The fourth-order valence-corrected chi connectivity index (χ4v) is 2.01. The van der Waals surface area contributed by atoms with E-state index in [0.29, 0.717) is 13.0 Å². The highest BCUT2D eigenvalue weighted by atomic mass is 19.4. The Balaban J connectivity index is 2.11. The maximum Gasteiger partial charge on any atom is 0.471 e. The van der Waals surface area contributed by atoms with Gasteiger partial charge in [0.1, 0.15) is 0 Å². The lowest BCUT2D eigenvalue weighted by atomic mass is 10.1. The first-order chi connectivity index (χ1) is 12.2. The number of hydrogen-bond donors (Lipinski definition) is 1. The van der Waals surface area contributed by atoms with Crippen LogP contribution in [0.2, 0.25) is 0 Å². The number of amides is 1. The Morgan fingerprint density at radius 2 is 2.00 bits per heavy atom. The third-order valence-corrected chi connectivity index (χ3v) is 3.30. The predicted molar refractivity (Wildman–Crippen MR) is 77.6 cm³/mol. The number of halogens is 5.